The predicted octanol–water partition coefficient (Wildman–Crippen LogP) is 4.59. The summed E-state index contributed by atoms with van der Waals surface area (Å²) in [5.41, 5.74) is 0.619. The minimum Gasteiger partial charge on any atom is -0.325 e. The van der Waals surface area contributed by atoms with Crippen LogP contribution in [0.25, 0.3) is 16.7 Å². The third kappa shape index (κ3) is 3.85. The van der Waals surface area contributed by atoms with Gasteiger partial charge in [-0.2, -0.15) is 18.3 Å². The number of anilines is 1. The summed E-state index contributed by atoms with van der Waals surface area (Å²) >= 11 is 1.32. The van der Waals surface area contributed by atoms with Gasteiger partial charge in [-0.05, 0) is 30.7 Å². The van der Waals surface area contributed by atoms with Crippen LogP contribution in [0, 0.1) is 6.92 Å². The van der Waals surface area contributed by atoms with Crippen LogP contribution in [0.3, 0.4) is 0 Å². The molecule has 1 atom stereocenters. The van der Waals surface area contributed by atoms with Crippen LogP contribution in [0.1, 0.15) is 23.6 Å². The summed E-state index contributed by atoms with van der Waals surface area (Å²) in [5.74, 6) is -0.209. The van der Waals surface area contributed by atoms with Gasteiger partial charge >= 0.3 is 6.18 Å². The number of carbonyl (C=O) groups is 1. The quantitative estimate of drug-likeness (QED) is 0.428. The number of benzene rings is 2. The number of rotatable bonds is 4. The van der Waals surface area contributed by atoms with Crippen LogP contribution in [-0.2, 0) is 11.0 Å². The molecule has 1 N–H and O–H groups in total. The summed E-state index contributed by atoms with van der Waals surface area (Å²) < 4.78 is 42.8. The molecule has 7 nitrogen and oxygen atoms in total. The lowest BCUT2D eigenvalue weighted by molar-refractivity contribution is -0.137. The molecule has 5 rings (SSSR count). The van der Waals surface area contributed by atoms with Gasteiger partial charge in [-0.25, -0.2) is 9.67 Å². The SMILES string of the molecule is Cc1ccccc1-n1ncc2c(=O)n3c(nc21)SCC3CC(=O)Nc1ccccc1C(F)(F)F. The summed E-state index contributed by atoms with van der Waals surface area (Å²) in [5, 5.41) is 7.44. The number of halogens is 3. The van der Waals surface area contributed by atoms with E-state index in [-0.39, 0.29) is 17.7 Å². The lowest BCUT2D eigenvalue weighted by Crippen LogP contribution is -2.28. The van der Waals surface area contributed by atoms with Crippen LogP contribution in [-0.4, -0.2) is 31.0 Å². The topological polar surface area (TPSA) is 81.8 Å². The lowest BCUT2D eigenvalue weighted by atomic mass is 10.1. The summed E-state index contributed by atoms with van der Waals surface area (Å²) in [6.07, 6.45) is -3.31. The van der Waals surface area contributed by atoms with E-state index in [0.29, 0.717) is 21.9 Å². The minimum atomic E-state index is -4.59. The number of carbonyl (C=O) groups excluding carboxylic acids is 1. The van der Waals surface area contributed by atoms with E-state index in [1.54, 1.807) is 4.68 Å². The van der Waals surface area contributed by atoms with Crippen molar-refractivity contribution in [3.05, 3.63) is 76.2 Å². The molecule has 34 heavy (non-hydrogen) atoms. The van der Waals surface area contributed by atoms with Gasteiger partial charge in [0.2, 0.25) is 5.91 Å². The van der Waals surface area contributed by atoms with Crippen molar-refractivity contribution in [1.29, 1.82) is 0 Å². The Morgan fingerprint density at radius 2 is 1.91 bits per heavy atom. The Hall–Kier alpha value is -3.60. The zero-order valence-corrected chi connectivity index (χ0v) is 18.7. The highest BCUT2D eigenvalue weighted by Crippen LogP contribution is 2.36. The second kappa shape index (κ2) is 8.32. The van der Waals surface area contributed by atoms with E-state index in [0.717, 1.165) is 17.3 Å². The minimum absolute atomic E-state index is 0.161. The smallest absolute Gasteiger partial charge is 0.325 e. The summed E-state index contributed by atoms with van der Waals surface area (Å²) in [4.78, 5) is 30.5. The Morgan fingerprint density at radius 3 is 2.68 bits per heavy atom. The molecule has 0 bridgehead atoms. The van der Waals surface area contributed by atoms with Gasteiger partial charge in [0, 0.05) is 12.2 Å². The lowest BCUT2D eigenvalue weighted by Gasteiger charge is -2.16. The summed E-state index contributed by atoms with van der Waals surface area (Å²) in [6.45, 7) is 1.93. The Labute approximate surface area is 195 Å². The fraction of sp³-hybridized carbons (Fsp3) is 0.217. The summed E-state index contributed by atoms with van der Waals surface area (Å²) in [6, 6.07) is 11.8. The number of nitrogens with one attached hydrogen (secondary N) is 1. The number of nitrogens with zero attached hydrogens (tertiary/aromatic N) is 4. The Morgan fingerprint density at radius 1 is 1.18 bits per heavy atom. The monoisotopic (exact) mass is 485 g/mol. The van der Waals surface area contributed by atoms with Gasteiger partial charge in [0.15, 0.2) is 10.8 Å². The van der Waals surface area contributed by atoms with Crippen molar-refractivity contribution in [2.75, 3.05) is 11.1 Å². The molecule has 0 aliphatic carbocycles. The molecule has 0 fully saturated rings. The number of para-hydroxylation sites is 2. The van der Waals surface area contributed by atoms with Gasteiger partial charge in [0.05, 0.1) is 29.2 Å². The zero-order chi connectivity index (χ0) is 24.0. The van der Waals surface area contributed by atoms with Crippen molar-refractivity contribution >= 4 is 34.4 Å². The normalized spacial score (nSPS) is 15.5. The average Bonchev–Trinajstić information content (AvgIpc) is 3.39. The maximum Gasteiger partial charge on any atom is 0.418 e. The Kier molecular flexibility index (Phi) is 5.43. The highest BCUT2D eigenvalue weighted by molar-refractivity contribution is 7.99. The molecule has 0 saturated carbocycles. The first-order valence-electron chi connectivity index (χ1n) is 10.4. The molecule has 1 unspecified atom stereocenters. The molecule has 174 valence electrons. The molecule has 0 radical (unpaired) electrons. The highest BCUT2D eigenvalue weighted by atomic mass is 32.2. The van der Waals surface area contributed by atoms with Crippen LogP contribution in [0.4, 0.5) is 18.9 Å². The maximum absolute atomic E-state index is 13.3. The van der Waals surface area contributed by atoms with Crippen molar-refractivity contribution in [3.8, 4) is 5.69 Å². The molecular weight excluding hydrogens is 467 g/mol. The van der Waals surface area contributed by atoms with Crippen molar-refractivity contribution in [3.63, 3.8) is 0 Å². The number of aryl methyl sites for hydroxylation is 1. The van der Waals surface area contributed by atoms with E-state index in [9.17, 15) is 22.8 Å². The van der Waals surface area contributed by atoms with Crippen LogP contribution in [0.5, 0.6) is 0 Å². The van der Waals surface area contributed by atoms with Crippen LogP contribution >= 0.6 is 11.8 Å². The number of hydrogen-bond acceptors (Lipinski definition) is 5. The Balaban J connectivity index is 1.44. The van der Waals surface area contributed by atoms with Crippen LogP contribution < -0.4 is 10.9 Å². The Bertz CT molecular complexity index is 1480. The highest BCUT2D eigenvalue weighted by Gasteiger charge is 2.34. The molecule has 1 amide bonds. The molecule has 3 heterocycles. The van der Waals surface area contributed by atoms with Crippen LogP contribution in [0.15, 0.2) is 64.7 Å². The third-order valence-corrected chi connectivity index (χ3v) is 6.74. The third-order valence-electron chi connectivity index (χ3n) is 5.64. The molecule has 0 spiro atoms. The van der Waals surface area contributed by atoms with E-state index >= 15 is 0 Å². The molecule has 2 aromatic heterocycles. The number of amides is 1. The first-order chi connectivity index (χ1) is 16.2. The van der Waals surface area contributed by atoms with Crippen molar-refractivity contribution in [2.45, 2.75) is 30.7 Å². The number of fused-ring (bicyclic) bond motifs is 2. The molecule has 11 heteroatoms. The van der Waals surface area contributed by atoms with E-state index in [1.165, 1.54) is 40.7 Å². The molecule has 1 aliphatic heterocycles. The van der Waals surface area contributed by atoms with Gasteiger partial charge < -0.3 is 5.32 Å². The average molecular weight is 485 g/mol. The first kappa shape index (κ1) is 22.2. The molecule has 2 aromatic carbocycles. The van der Waals surface area contributed by atoms with Gasteiger partial charge in [-0.3, -0.25) is 14.2 Å². The molecular formula is C23H18F3N5O2S. The van der Waals surface area contributed by atoms with Gasteiger partial charge in [-0.1, -0.05) is 42.1 Å². The summed E-state index contributed by atoms with van der Waals surface area (Å²) in [7, 11) is 0. The van der Waals surface area contributed by atoms with E-state index in [1.807, 2.05) is 31.2 Å². The van der Waals surface area contributed by atoms with Gasteiger partial charge in [-0.15, -0.1) is 0 Å². The fourth-order valence-electron chi connectivity index (χ4n) is 4.01. The predicted molar refractivity (Wildman–Crippen MR) is 122 cm³/mol. The van der Waals surface area contributed by atoms with Gasteiger partial charge in [0.1, 0.15) is 5.39 Å². The van der Waals surface area contributed by atoms with Crippen LogP contribution in [0.2, 0.25) is 0 Å². The standard InChI is InChI=1S/C23H18F3N5O2S/c1-13-6-2-5-9-18(13)31-20-15(11-27-31)21(33)30-14(12-34-22(30)29-20)10-19(32)28-17-8-4-3-7-16(17)23(24,25)26/h2-9,11,14H,10,12H2,1H3,(H,28,32). The van der Waals surface area contributed by atoms with Crippen molar-refractivity contribution < 1.29 is 18.0 Å². The fourth-order valence-corrected chi connectivity index (χ4v) is 5.14. The number of alkyl halides is 3. The number of thioether (sulfide) groups is 1. The maximum atomic E-state index is 13.3. The van der Waals surface area contributed by atoms with E-state index < -0.39 is 23.7 Å². The first-order valence-corrected chi connectivity index (χ1v) is 11.4. The molecule has 4 aromatic rings. The molecule has 1 aliphatic rings. The van der Waals surface area contributed by atoms with Crippen molar-refractivity contribution in [2.24, 2.45) is 0 Å². The second-order valence-corrected chi connectivity index (χ2v) is 8.90. The largest absolute Gasteiger partial charge is 0.418 e. The van der Waals surface area contributed by atoms with Gasteiger partial charge in [0.25, 0.3) is 5.56 Å². The zero-order valence-electron chi connectivity index (χ0n) is 17.8. The van der Waals surface area contributed by atoms with Crippen molar-refractivity contribution in [1.82, 2.24) is 19.3 Å². The molecule has 0 saturated heterocycles. The van der Waals surface area contributed by atoms with E-state index in [4.69, 9.17) is 0 Å². The number of aromatic nitrogens is 4. The van der Waals surface area contributed by atoms with E-state index in [2.05, 4.69) is 15.4 Å². The second-order valence-electron chi connectivity index (χ2n) is 7.91. The number of hydrogen-bond donors (Lipinski definition) is 1.